The van der Waals surface area contributed by atoms with Crippen molar-refractivity contribution in [3.05, 3.63) is 65.2 Å². The lowest BCUT2D eigenvalue weighted by Crippen LogP contribution is -2.27. The fourth-order valence-corrected chi connectivity index (χ4v) is 3.48. The largest absolute Gasteiger partial charge is 0.370 e. The van der Waals surface area contributed by atoms with Crippen molar-refractivity contribution in [1.82, 2.24) is 4.90 Å². The Labute approximate surface area is 178 Å². The van der Waals surface area contributed by atoms with Gasteiger partial charge in [0.2, 0.25) is 5.91 Å². The topological polar surface area (TPSA) is 70.7 Å². The number of likely N-dealkylation sites (tertiary alicyclic amines) is 1. The Morgan fingerprint density at radius 3 is 2.56 bits per heavy atom. The molecular formula is C21H27IN4O. The molecule has 0 saturated carbocycles. The first-order valence-electron chi connectivity index (χ1n) is 8.90. The molecule has 3 N–H and O–H groups in total. The number of anilines is 1. The molecule has 3 rings (SSSR count). The maximum Gasteiger partial charge on any atom is 0.223 e. The summed E-state index contributed by atoms with van der Waals surface area (Å²) in [6.07, 6.45) is 0.497. The summed E-state index contributed by atoms with van der Waals surface area (Å²) in [4.78, 5) is 18.5. The van der Waals surface area contributed by atoms with Crippen molar-refractivity contribution in [1.29, 1.82) is 0 Å². The molecule has 1 saturated heterocycles. The SMILES string of the molecule is Cc1ccc(NC(N)=NCC2CC(=O)N(C)C2c2ccccc2)cc1C.I. The van der Waals surface area contributed by atoms with Gasteiger partial charge in [-0.05, 0) is 42.7 Å². The number of hydrogen-bond donors (Lipinski definition) is 2. The van der Waals surface area contributed by atoms with Crippen molar-refractivity contribution in [2.75, 3.05) is 18.9 Å². The molecule has 0 bridgehead atoms. The Hall–Kier alpha value is -2.09. The summed E-state index contributed by atoms with van der Waals surface area (Å²) in [5.74, 6) is 0.650. The van der Waals surface area contributed by atoms with Crippen LogP contribution in [0.5, 0.6) is 0 Å². The molecule has 27 heavy (non-hydrogen) atoms. The van der Waals surface area contributed by atoms with E-state index in [1.807, 2.05) is 36.2 Å². The second kappa shape index (κ2) is 9.21. The first kappa shape index (κ1) is 21.2. The Bertz CT molecular complexity index is 822. The van der Waals surface area contributed by atoms with Crippen LogP contribution in [0.1, 0.15) is 29.2 Å². The summed E-state index contributed by atoms with van der Waals surface area (Å²) in [7, 11) is 1.86. The third kappa shape index (κ3) is 5.00. The first-order valence-corrected chi connectivity index (χ1v) is 8.90. The van der Waals surface area contributed by atoms with Crippen LogP contribution < -0.4 is 11.1 Å². The van der Waals surface area contributed by atoms with E-state index in [9.17, 15) is 4.79 Å². The summed E-state index contributed by atoms with van der Waals surface area (Å²) < 4.78 is 0. The Kier molecular flexibility index (Phi) is 7.24. The monoisotopic (exact) mass is 478 g/mol. The van der Waals surface area contributed by atoms with Crippen LogP contribution in [0, 0.1) is 19.8 Å². The number of hydrogen-bond acceptors (Lipinski definition) is 2. The number of rotatable bonds is 4. The van der Waals surface area contributed by atoms with Gasteiger partial charge in [-0.15, -0.1) is 24.0 Å². The highest BCUT2D eigenvalue weighted by atomic mass is 127. The van der Waals surface area contributed by atoms with Crippen molar-refractivity contribution in [2.24, 2.45) is 16.6 Å². The molecule has 0 aliphatic carbocycles. The molecule has 0 radical (unpaired) electrons. The quantitative estimate of drug-likeness (QED) is 0.398. The van der Waals surface area contributed by atoms with Crippen LogP contribution in [0.25, 0.3) is 0 Å². The standard InChI is InChI=1S/C21H26N4O.HI/c1-14-9-10-18(11-15(14)2)24-21(22)23-13-17-12-19(26)25(3)20(17)16-7-5-4-6-8-16;/h4-11,17,20H,12-13H2,1-3H3,(H3,22,23,24);1H. The minimum atomic E-state index is 0. The molecule has 6 heteroatoms. The maximum absolute atomic E-state index is 12.2. The van der Waals surface area contributed by atoms with E-state index < -0.39 is 0 Å². The van der Waals surface area contributed by atoms with Crippen LogP contribution in [-0.2, 0) is 4.79 Å². The molecule has 1 aliphatic heterocycles. The molecule has 2 aromatic carbocycles. The van der Waals surface area contributed by atoms with Gasteiger partial charge in [-0.1, -0.05) is 36.4 Å². The van der Waals surface area contributed by atoms with E-state index in [0.717, 1.165) is 11.3 Å². The minimum absolute atomic E-state index is 0. The van der Waals surface area contributed by atoms with Crippen molar-refractivity contribution >= 4 is 41.5 Å². The van der Waals surface area contributed by atoms with Gasteiger partial charge in [-0.3, -0.25) is 9.79 Å². The Morgan fingerprint density at radius 1 is 1.19 bits per heavy atom. The number of amides is 1. The van der Waals surface area contributed by atoms with Crippen molar-refractivity contribution < 1.29 is 4.79 Å². The van der Waals surface area contributed by atoms with Gasteiger partial charge < -0.3 is 16.0 Å². The lowest BCUT2D eigenvalue weighted by molar-refractivity contribution is -0.127. The van der Waals surface area contributed by atoms with Gasteiger partial charge in [0.05, 0.1) is 6.04 Å². The van der Waals surface area contributed by atoms with Gasteiger partial charge >= 0.3 is 0 Å². The number of nitrogens with one attached hydrogen (secondary N) is 1. The lowest BCUT2D eigenvalue weighted by atomic mass is 9.94. The molecule has 1 aliphatic rings. The highest BCUT2D eigenvalue weighted by Gasteiger charge is 2.38. The summed E-state index contributed by atoms with van der Waals surface area (Å²) >= 11 is 0. The fourth-order valence-electron chi connectivity index (χ4n) is 3.48. The maximum atomic E-state index is 12.2. The van der Waals surface area contributed by atoms with Crippen molar-refractivity contribution in [2.45, 2.75) is 26.3 Å². The Balaban J connectivity index is 0.00000261. The molecule has 1 heterocycles. The zero-order chi connectivity index (χ0) is 18.7. The lowest BCUT2D eigenvalue weighted by Gasteiger charge is -2.24. The van der Waals surface area contributed by atoms with E-state index in [0.29, 0.717) is 18.9 Å². The van der Waals surface area contributed by atoms with Crippen molar-refractivity contribution in [3.8, 4) is 0 Å². The zero-order valence-electron chi connectivity index (χ0n) is 16.0. The van der Waals surface area contributed by atoms with Crippen LogP contribution >= 0.6 is 24.0 Å². The Morgan fingerprint density at radius 2 is 1.89 bits per heavy atom. The fraction of sp³-hybridized carbons (Fsp3) is 0.333. The van der Waals surface area contributed by atoms with Gasteiger partial charge in [0, 0.05) is 31.6 Å². The van der Waals surface area contributed by atoms with E-state index in [1.54, 1.807) is 0 Å². The van der Waals surface area contributed by atoms with Gasteiger partial charge in [0.15, 0.2) is 5.96 Å². The van der Waals surface area contributed by atoms with Crippen molar-refractivity contribution in [3.63, 3.8) is 0 Å². The number of carbonyl (C=O) groups is 1. The molecular weight excluding hydrogens is 451 g/mol. The number of benzene rings is 2. The molecule has 1 fully saturated rings. The summed E-state index contributed by atoms with van der Waals surface area (Å²) in [6, 6.07) is 16.3. The second-order valence-corrected chi connectivity index (χ2v) is 6.97. The molecule has 5 nitrogen and oxygen atoms in total. The van der Waals surface area contributed by atoms with E-state index in [2.05, 4.69) is 48.4 Å². The predicted octanol–water partition coefficient (Wildman–Crippen LogP) is 3.87. The second-order valence-electron chi connectivity index (χ2n) is 6.97. The normalized spacial score (nSPS) is 19.7. The summed E-state index contributed by atoms with van der Waals surface area (Å²) in [5.41, 5.74) is 10.6. The predicted molar refractivity (Wildman–Crippen MR) is 122 cm³/mol. The number of guanidine groups is 1. The molecule has 2 atom stereocenters. The molecule has 2 aromatic rings. The highest BCUT2D eigenvalue weighted by molar-refractivity contribution is 14.0. The molecule has 144 valence electrons. The number of halogens is 1. The molecule has 1 amide bonds. The minimum Gasteiger partial charge on any atom is -0.370 e. The number of aryl methyl sites for hydroxylation is 2. The van der Waals surface area contributed by atoms with E-state index in [4.69, 9.17) is 5.73 Å². The zero-order valence-corrected chi connectivity index (χ0v) is 18.3. The van der Waals surface area contributed by atoms with Crippen LogP contribution in [-0.4, -0.2) is 30.4 Å². The first-order chi connectivity index (χ1) is 12.5. The van der Waals surface area contributed by atoms with Crippen LogP contribution in [0.3, 0.4) is 0 Å². The summed E-state index contributed by atoms with van der Waals surface area (Å²) in [6.45, 7) is 4.66. The van der Waals surface area contributed by atoms with Gasteiger partial charge in [-0.25, -0.2) is 0 Å². The van der Waals surface area contributed by atoms with Gasteiger partial charge in [0.1, 0.15) is 0 Å². The molecule has 2 unspecified atom stereocenters. The third-order valence-corrected chi connectivity index (χ3v) is 5.11. The smallest absolute Gasteiger partial charge is 0.223 e. The van der Waals surface area contributed by atoms with E-state index in [1.165, 1.54) is 11.1 Å². The van der Waals surface area contributed by atoms with E-state index >= 15 is 0 Å². The van der Waals surface area contributed by atoms with Crippen LogP contribution in [0.2, 0.25) is 0 Å². The highest BCUT2D eigenvalue weighted by Crippen LogP contribution is 2.36. The molecule has 0 aromatic heterocycles. The molecule has 0 spiro atoms. The third-order valence-electron chi connectivity index (χ3n) is 5.11. The van der Waals surface area contributed by atoms with E-state index in [-0.39, 0.29) is 41.8 Å². The number of carbonyl (C=O) groups excluding carboxylic acids is 1. The van der Waals surface area contributed by atoms with Gasteiger partial charge in [-0.2, -0.15) is 0 Å². The average Bonchev–Trinajstić information content (AvgIpc) is 2.91. The summed E-state index contributed by atoms with van der Waals surface area (Å²) in [5, 5.41) is 3.14. The van der Waals surface area contributed by atoms with Crippen LogP contribution in [0.15, 0.2) is 53.5 Å². The average molecular weight is 478 g/mol. The number of aliphatic imine (C=N–C) groups is 1. The van der Waals surface area contributed by atoms with Crippen LogP contribution in [0.4, 0.5) is 5.69 Å². The van der Waals surface area contributed by atoms with Gasteiger partial charge in [0.25, 0.3) is 0 Å². The number of nitrogens with zero attached hydrogens (tertiary/aromatic N) is 2. The number of nitrogens with two attached hydrogens (primary N) is 1.